The van der Waals surface area contributed by atoms with E-state index in [1.54, 1.807) is 0 Å². The molecule has 4 heteroatoms. The summed E-state index contributed by atoms with van der Waals surface area (Å²) in [6, 6.07) is 4.48. The SMILES string of the molecule is CCC(C)C(C)NCc1cc(Cl)c2c(c1)OCCCO2. The lowest BCUT2D eigenvalue weighted by atomic mass is 10.0. The van der Waals surface area contributed by atoms with Gasteiger partial charge >= 0.3 is 0 Å². The Balaban J connectivity index is 2.06. The molecule has 0 amide bonds. The molecule has 0 spiro atoms. The van der Waals surface area contributed by atoms with Crippen LogP contribution in [-0.2, 0) is 6.54 Å². The molecule has 2 unspecified atom stereocenters. The molecule has 1 N–H and O–H groups in total. The van der Waals surface area contributed by atoms with Crippen molar-refractivity contribution >= 4 is 11.6 Å². The Morgan fingerprint density at radius 1 is 1.25 bits per heavy atom. The first-order valence-corrected chi connectivity index (χ1v) is 7.81. The van der Waals surface area contributed by atoms with Crippen LogP contribution in [0.25, 0.3) is 0 Å². The van der Waals surface area contributed by atoms with E-state index in [2.05, 4.69) is 26.1 Å². The zero-order chi connectivity index (χ0) is 14.5. The van der Waals surface area contributed by atoms with Crippen molar-refractivity contribution in [1.82, 2.24) is 5.32 Å². The van der Waals surface area contributed by atoms with Gasteiger partial charge in [-0.2, -0.15) is 0 Å². The molecule has 0 aromatic heterocycles. The number of hydrogen-bond acceptors (Lipinski definition) is 3. The van der Waals surface area contributed by atoms with Crippen LogP contribution in [0.2, 0.25) is 5.02 Å². The molecule has 0 saturated heterocycles. The summed E-state index contributed by atoms with van der Waals surface area (Å²) in [5.41, 5.74) is 1.13. The highest BCUT2D eigenvalue weighted by Crippen LogP contribution is 2.37. The zero-order valence-electron chi connectivity index (χ0n) is 12.5. The highest BCUT2D eigenvalue weighted by Gasteiger charge is 2.16. The van der Waals surface area contributed by atoms with Crippen LogP contribution in [0.5, 0.6) is 11.5 Å². The third-order valence-electron chi connectivity index (χ3n) is 3.99. The van der Waals surface area contributed by atoms with Gasteiger partial charge < -0.3 is 14.8 Å². The number of benzene rings is 1. The topological polar surface area (TPSA) is 30.5 Å². The summed E-state index contributed by atoms with van der Waals surface area (Å²) in [5.74, 6) is 2.11. The van der Waals surface area contributed by atoms with Crippen molar-refractivity contribution < 1.29 is 9.47 Å². The zero-order valence-corrected chi connectivity index (χ0v) is 13.3. The number of hydrogen-bond donors (Lipinski definition) is 1. The molecule has 1 aromatic rings. The van der Waals surface area contributed by atoms with E-state index in [4.69, 9.17) is 21.1 Å². The van der Waals surface area contributed by atoms with Crippen LogP contribution in [0.3, 0.4) is 0 Å². The number of nitrogens with one attached hydrogen (secondary N) is 1. The number of rotatable bonds is 5. The summed E-state index contributed by atoms with van der Waals surface area (Å²) in [6.07, 6.45) is 2.07. The van der Waals surface area contributed by atoms with E-state index >= 15 is 0 Å². The Labute approximate surface area is 126 Å². The minimum atomic E-state index is 0.481. The quantitative estimate of drug-likeness (QED) is 0.890. The van der Waals surface area contributed by atoms with Crippen LogP contribution < -0.4 is 14.8 Å². The van der Waals surface area contributed by atoms with E-state index in [0.717, 1.165) is 24.3 Å². The lowest BCUT2D eigenvalue weighted by Gasteiger charge is -2.20. The molecular formula is C16H24ClNO2. The van der Waals surface area contributed by atoms with Crippen molar-refractivity contribution in [3.05, 3.63) is 22.7 Å². The monoisotopic (exact) mass is 297 g/mol. The highest BCUT2D eigenvalue weighted by molar-refractivity contribution is 6.32. The van der Waals surface area contributed by atoms with E-state index in [0.29, 0.717) is 35.9 Å². The van der Waals surface area contributed by atoms with Gasteiger partial charge in [-0.05, 0) is 30.5 Å². The molecule has 3 nitrogen and oxygen atoms in total. The van der Waals surface area contributed by atoms with Crippen LogP contribution in [0.15, 0.2) is 12.1 Å². The molecular weight excluding hydrogens is 274 g/mol. The average Bonchev–Trinajstić information content (AvgIpc) is 2.69. The predicted molar refractivity (Wildman–Crippen MR) is 82.8 cm³/mol. The van der Waals surface area contributed by atoms with E-state index in [1.165, 1.54) is 6.42 Å². The Hall–Kier alpha value is -0.930. The van der Waals surface area contributed by atoms with Crippen LogP contribution in [0.4, 0.5) is 0 Å². The largest absolute Gasteiger partial charge is 0.489 e. The number of ether oxygens (including phenoxy) is 2. The van der Waals surface area contributed by atoms with Crippen LogP contribution in [0.1, 0.15) is 39.2 Å². The Morgan fingerprint density at radius 3 is 2.75 bits per heavy atom. The van der Waals surface area contributed by atoms with Gasteiger partial charge in [0.05, 0.1) is 18.2 Å². The Bertz CT molecular complexity index is 450. The molecule has 1 heterocycles. The van der Waals surface area contributed by atoms with Gasteiger partial charge in [-0.15, -0.1) is 0 Å². The van der Waals surface area contributed by atoms with Crippen molar-refractivity contribution in [2.45, 2.75) is 46.2 Å². The second-order valence-electron chi connectivity index (χ2n) is 5.51. The van der Waals surface area contributed by atoms with Gasteiger partial charge in [-0.1, -0.05) is 31.9 Å². The van der Waals surface area contributed by atoms with Gasteiger partial charge in [0, 0.05) is 19.0 Å². The number of halogens is 1. The standard InChI is InChI=1S/C16H24ClNO2/c1-4-11(2)12(3)18-10-13-8-14(17)16-15(9-13)19-6-5-7-20-16/h8-9,11-12,18H,4-7,10H2,1-3H3. The van der Waals surface area contributed by atoms with E-state index in [-0.39, 0.29) is 0 Å². The van der Waals surface area contributed by atoms with Gasteiger partial charge in [-0.25, -0.2) is 0 Å². The first-order valence-electron chi connectivity index (χ1n) is 7.43. The van der Waals surface area contributed by atoms with Crippen LogP contribution in [-0.4, -0.2) is 19.3 Å². The van der Waals surface area contributed by atoms with Gasteiger partial charge in [-0.3, -0.25) is 0 Å². The maximum atomic E-state index is 6.29. The molecule has 2 rings (SSSR count). The maximum absolute atomic E-state index is 6.29. The van der Waals surface area contributed by atoms with Crippen molar-refractivity contribution in [1.29, 1.82) is 0 Å². The summed E-state index contributed by atoms with van der Waals surface area (Å²) in [5, 5.41) is 4.18. The van der Waals surface area contributed by atoms with E-state index in [9.17, 15) is 0 Å². The van der Waals surface area contributed by atoms with Gasteiger partial charge in [0.25, 0.3) is 0 Å². The third-order valence-corrected chi connectivity index (χ3v) is 4.27. The normalized spacial score (nSPS) is 17.4. The number of fused-ring (bicyclic) bond motifs is 1. The van der Waals surface area contributed by atoms with E-state index < -0.39 is 0 Å². The van der Waals surface area contributed by atoms with Gasteiger partial charge in [0.15, 0.2) is 11.5 Å². The molecule has 112 valence electrons. The molecule has 0 bridgehead atoms. The van der Waals surface area contributed by atoms with Gasteiger partial charge in [0.2, 0.25) is 0 Å². The second-order valence-corrected chi connectivity index (χ2v) is 5.92. The molecule has 0 radical (unpaired) electrons. The second kappa shape index (κ2) is 7.19. The molecule has 0 fully saturated rings. The van der Waals surface area contributed by atoms with Crippen LogP contribution >= 0.6 is 11.6 Å². The predicted octanol–water partition coefficient (Wildman–Crippen LogP) is 4.03. The fourth-order valence-corrected chi connectivity index (χ4v) is 2.51. The van der Waals surface area contributed by atoms with Crippen molar-refractivity contribution in [3.63, 3.8) is 0 Å². The Morgan fingerprint density at radius 2 is 2.00 bits per heavy atom. The molecule has 2 atom stereocenters. The summed E-state index contributed by atoms with van der Waals surface area (Å²) >= 11 is 6.29. The third kappa shape index (κ3) is 3.80. The summed E-state index contributed by atoms with van der Waals surface area (Å²) < 4.78 is 11.3. The first kappa shape index (κ1) is 15.5. The minimum absolute atomic E-state index is 0.481. The molecule has 20 heavy (non-hydrogen) atoms. The first-order chi connectivity index (χ1) is 9.61. The minimum Gasteiger partial charge on any atom is -0.489 e. The lowest BCUT2D eigenvalue weighted by molar-refractivity contribution is 0.297. The van der Waals surface area contributed by atoms with Crippen molar-refractivity contribution in [2.24, 2.45) is 5.92 Å². The molecule has 0 saturated carbocycles. The van der Waals surface area contributed by atoms with Crippen molar-refractivity contribution in [2.75, 3.05) is 13.2 Å². The molecule has 1 aliphatic heterocycles. The fourth-order valence-electron chi connectivity index (χ4n) is 2.22. The molecule has 1 aliphatic rings. The summed E-state index contributed by atoms with van der Waals surface area (Å²) in [7, 11) is 0. The molecule has 0 aliphatic carbocycles. The Kier molecular flexibility index (Phi) is 5.55. The maximum Gasteiger partial charge on any atom is 0.179 e. The van der Waals surface area contributed by atoms with Gasteiger partial charge in [0.1, 0.15) is 0 Å². The highest BCUT2D eigenvalue weighted by atomic mass is 35.5. The van der Waals surface area contributed by atoms with E-state index in [1.807, 2.05) is 12.1 Å². The average molecular weight is 298 g/mol. The van der Waals surface area contributed by atoms with Crippen LogP contribution in [0, 0.1) is 5.92 Å². The summed E-state index contributed by atoms with van der Waals surface area (Å²) in [6.45, 7) is 8.84. The lowest BCUT2D eigenvalue weighted by Crippen LogP contribution is -2.31. The molecule has 1 aromatic carbocycles. The van der Waals surface area contributed by atoms with Crippen molar-refractivity contribution in [3.8, 4) is 11.5 Å². The smallest absolute Gasteiger partial charge is 0.179 e. The summed E-state index contributed by atoms with van der Waals surface area (Å²) in [4.78, 5) is 0. The fraction of sp³-hybridized carbons (Fsp3) is 0.625.